The van der Waals surface area contributed by atoms with Crippen LogP contribution in [-0.2, 0) is 19.0 Å². The molecule has 10 nitrogen and oxygen atoms in total. The summed E-state index contributed by atoms with van der Waals surface area (Å²) in [5.74, 6) is -1.57. The molecule has 1 aliphatic carbocycles. The van der Waals surface area contributed by atoms with Crippen molar-refractivity contribution >= 4 is 6.29 Å². The number of fused-ring (bicyclic) bond motifs is 1. The van der Waals surface area contributed by atoms with Crippen LogP contribution in [0.15, 0.2) is 11.8 Å². The van der Waals surface area contributed by atoms with Crippen molar-refractivity contribution in [1.82, 2.24) is 0 Å². The van der Waals surface area contributed by atoms with Crippen LogP contribution in [0.2, 0.25) is 0 Å². The van der Waals surface area contributed by atoms with E-state index in [2.05, 4.69) is 0 Å². The van der Waals surface area contributed by atoms with Gasteiger partial charge in [-0.3, -0.25) is 4.79 Å². The van der Waals surface area contributed by atoms with E-state index in [9.17, 15) is 35.4 Å². The number of carbonyl (C=O) groups excluding carboxylic acids is 1. The third-order valence-electron chi connectivity index (χ3n) is 5.41. The molecule has 6 N–H and O–H groups in total. The van der Waals surface area contributed by atoms with Crippen molar-refractivity contribution in [3.8, 4) is 0 Å². The van der Waals surface area contributed by atoms with Crippen molar-refractivity contribution in [2.24, 2.45) is 11.8 Å². The summed E-state index contributed by atoms with van der Waals surface area (Å²) >= 11 is 0. The van der Waals surface area contributed by atoms with Gasteiger partial charge in [0.2, 0.25) is 6.29 Å². The van der Waals surface area contributed by atoms with Gasteiger partial charge in [0, 0.05) is 17.9 Å². The lowest BCUT2D eigenvalue weighted by atomic mass is 9.81. The fourth-order valence-corrected chi connectivity index (χ4v) is 4.05. The van der Waals surface area contributed by atoms with Gasteiger partial charge in [-0.15, -0.1) is 0 Å². The molecule has 0 spiro atoms. The minimum absolute atomic E-state index is 0.00852. The largest absolute Gasteiger partial charge is 0.472 e. The maximum absolute atomic E-state index is 11.2. The Bertz CT molecular complexity index is 561. The Balaban J connectivity index is 1.83. The van der Waals surface area contributed by atoms with Gasteiger partial charge in [-0.05, 0) is 6.92 Å². The van der Waals surface area contributed by atoms with E-state index in [0.29, 0.717) is 6.29 Å². The maximum Gasteiger partial charge on any atom is 0.208 e. The van der Waals surface area contributed by atoms with Crippen LogP contribution in [-0.4, -0.2) is 92.2 Å². The van der Waals surface area contributed by atoms with Gasteiger partial charge in [0.05, 0.1) is 30.5 Å². The molecule has 1 saturated carbocycles. The first-order valence-electron chi connectivity index (χ1n) is 8.38. The summed E-state index contributed by atoms with van der Waals surface area (Å²) in [6, 6.07) is 0. The lowest BCUT2D eigenvalue weighted by molar-refractivity contribution is -0.346. The third kappa shape index (κ3) is 3.16. The van der Waals surface area contributed by atoms with Gasteiger partial charge in [-0.25, -0.2) is 0 Å². The molecule has 0 unspecified atom stereocenters. The highest BCUT2D eigenvalue weighted by Gasteiger charge is 2.58. The van der Waals surface area contributed by atoms with E-state index in [4.69, 9.17) is 14.2 Å². The van der Waals surface area contributed by atoms with Gasteiger partial charge in [0.25, 0.3) is 0 Å². The van der Waals surface area contributed by atoms with Crippen LogP contribution in [0.4, 0.5) is 0 Å². The molecule has 1 saturated heterocycles. The fraction of sp³-hybridized carbons (Fsp3) is 0.812. The molecule has 0 aromatic rings. The summed E-state index contributed by atoms with van der Waals surface area (Å²) < 4.78 is 16.2. The van der Waals surface area contributed by atoms with Crippen LogP contribution in [0.1, 0.15) is 13.3 Å². The summed E-state index contributed by atoms with van der Waals surface area (Å²) in [5, 5.41) is 59.9. The van der Waals surface area contributed by atoms with E-state index in [0.717, 1.165) is 6.26 Å². The quantitative estimate of drug-likeness (QED) is 0.278. The number of rotatable bonds is 4. The van der Waals surface area contributed by atoms with E-state index in [1.165, 1.54) is 6.92 Å². The minimum atomic E-state index is -1.64. The normalized spacial score (nSPS) is 51.3. The molecule has 0 amide bonds. The SMILES string of the molecule is C[C@@]1(O)C[C@@H](O)[C@H]2C(C=O)=CO[C@@H](O[C@@H]3O[C@H](CO)[C@@H](O)[C@H](O)[C@H]3O)[C@H]21. The second-order valence-corrected chi connectivity index (χ2v) is 7.25. The molecule has 10 heteroatoms. The molecule has 0 aromatic carbocycles. The van der Waals surface area contributed by atoms with Crippen molar-refractivity contribution < 1.29 is 49.6 Å². The molecule has 2 aliphatic heterocycles. The van der Waals surface area contributed by atoms with Gasteiger partial charge in [0.15, 0.2) is 6.29 Å². The van der Waals surface area contributed by atoms with Crippen LogP contribution in [0.5, 0.6) is 0 Å². The molecule has 0 aromatic heterocycles. The maximum atomic E-state index is 11.2. The molecule has 10 atom stereocenters. The zero-order valence-corrected chi connectivity index (χ0v) is 14.1. The highest BCUT2D eigenvalue weighted by Crippen LogP contribution is 2.49. The number of aliphatic hydroxyl groups excluding tert-OH is 5. The number of hydrogen-bond acceptors (Lipinski definition) is 10. The Kier molecular flexibility index (Phi) is 5.39. The van der Waals surface area contributed by atoms with Crippen LogP contribution in [0.25, 0.3) is 0 Å². The van der Waals surface area contributed by atoms with Crippen LogP contribution in [0.3, 0.4) is 0 Å². The number of hydrogen-bond donors (Lipinski definition) is 6. The number of ether oxygens (including phenoxy) is 3. The van der Waals surface area contributed by atoms with Gasteiger partial charge < -0.3 is 44.8 Å². The van der Waals surface area contributed by atoms with Crippen LogP contribution >= 0.6 is 0 Å². The summed E-state index contributed by atoms with van der Waals surface area (Å²) in [7, 11) is 0. The zero-order chi connectivity index (χ0) is 19.2. The Morgan fingerprint density at radius 2 is 1.92 bits per heavy atom. The average molecular weight is 376 g/mol. The van der Waals surface area contributed by atoms with E-state index in [-0.39, 0.29) is 12.0 Å². The smallest absolute Gasteiger partial charge is 0.208 e. The van der Waals surface area contributed by atoms with E-state index < -0.39 is 67.1 Å². The number of aldehydes is 1. The Labute approximate surface area is 149 Å². The van der Waals surface area contributed by atoms with Crippen molar-refractivity contribution in [3.05, 3.63) is 11.8 Å². The first-order chi connectivity index (χ1) is 12.2. The summed E-state index contributed by atoms with van der Waals surface area (Å²) in [4.78, 5) is 11.2. The van der Waals surface area contributed by atoms with E-state index >= 15 is 0 Å². The lowest BCUT2D eigenvalue weighted by Gasteiger charge is -2.44. The highest BCUT2D eigenvalue weighted by atomic mass is 16.8. The van der Waals surface area contributed by atoms with Crippen LogP contribution in [0, 0.1) is 11.8 Å². The number of carbonyl (C=O) groups is 1. The van der Waals surface area contributed by atoms with Gasteiger partial charge in [-0.1, -0.05) is 0 Å². The summed E-state index contributed by atoms with van der Waals surface area (Å²) in [6.45, 7) is 0.857. The van der Waals surface area contributed by atoms with Gasteiger partial charge >= 0.3 is 0 Å². The topological polar surface area (TPSA) is 166 Å². The first-order valence-corrected chi connectivity index (χ1v) is 8.38. The third-order valence-corrected chi connectivity index (χ3v) is 5.41. The highest BCUT2D eigenvalue weighted by molar-refractivity contribution is 5.74. The van der Waals surface area contributed by atoms with Gasteiger partial charge in [-0.2, -0.15) is 0 Å². The van der Waals surface area contributed by atoms with E-state index in [1.807, 2.05) is 0 Å². The Hall–Kier alpha value is -1.11. The van der Waals surface area contributed by atoms with Crippen molar-refractivity contribution in [3.63, 3.8) is 0 Å². The first kappa shape index (κ1) is 19.6. The molecule has 148 valence electrons. The molecule has 2 fully saturated rings. The van der Waals surface area contributed by atoms with E-state index in [1.54, 1.807) is 0 Å². The molecule has 3 aliphatic rings. The van der Waals surface area contributed by atoms with Crippen molar-refractivity contribution in [2.45, 2.75) is 62.0 Å². The zero-order valence-electron chi connectivity index (χ0n) is 14.1. The molecule has 0 radical (unpaired) electrons. The molecular formula is C16H24O10. The second-order valence-electron chi connectivity index (χ2n) is 7.25. The number of aliphatic hydroxyl groups is 6. The predicted octanol–water partition coefficient (Wildman–Crippen LogP) is -3.01. The fourth-order valence-electron chi connectivity index (χ4n) is 4.05. The van der Waals surface area contributed by atoms with Crippen LogP contribution < -0.4 is 0 Å². The lowest BCUT2D eigenvalue weighted by Crippen LogP contribution is -2.60. The molecular weight excluding hydrogens is 352 g/mol. The Morgan fingerprint density at radius 1 is 1.23 bits per heavy atom. The summed E-state index contributed by atoms with van der Waals surface area (Å²) in [5.41, 5.74) is -1.25. The standard InChI is InChI=1S/C16H24O10/c1-16(23)2-7(19)9-6(3-17)5-24-14(10(9)16)26-15-13(22)12(21)11(20)8(4-18)25-15/h3,5,7-15,18-23H,2,4H2,1H3/t7-,8-,9-,10+,11-,12+,13-,14+,15+,16-/m1/s1. The monoisotopic (exact) mass is 376 g/mol. The molecule has 0 bridgehead atoms. The van der Waals surface area contributed by atoms with Crippen molar-refractivity contribution in [1.29, 1.82) is 0 Å². The average Bonchev–Trinajstić information content (AvgIpc) is 2.85. The minimum Gasteiger partial charge on any atom is -0.472 e. The molecule has 26 heavy (non-hydrogen) atoms. The van der Waals surface area contributed by atoms with Gasteiger partial charge in [0.1, 0.15) is 30.7 Å². The van der Waals surface area contributed by atoms with Crippen molar-refractivity contribution in [2.75, 3.05) is 6.61 Å². The second kappa shape index (κ2) is 7.13. The predicted molar refractivity (Wildman–Crippen MR) is 82.1 cm³/mol. The Morgan fingerprint density at radius 3 is 2.54 bits per heavy atom. The molecule has 3 rings (SSSR count). The molecule has 2 heterocycles. The summed E-state index contributed by atoms with van der Waals surface area (Å²) in [6.07, 6.45) is -7.96.